The molecule has 1 aromatic carbocycles. The second-order valence-corrected chi connectivity index (χ2v) is 4.89. The Labute approximate surface area is 117 Å². The summed E-state index contributed by atoms with van der Waals surface area (Å²) in [7, 11) is 1.87. The van der Waals surface area contributed by atoms with Gasteiger partial charge in [-0.1, -0.05) is 12.1 Å². The average molecular weight is 274 g/mol. The normalized spacial score (nSPS) is 12.3. The van der Waals surface area contributed by atoms with Crippen LogP contribution in [0.1, 0.15) is 29.8 Å². The molecule has 1 unspecified atom stereocenters. The molecule has 0 saturated heterocycles. The standard InChI is InChI=1S/C14H18N4O2/c1-10-4-5-12(8-14(10)18(19)20)11(2)15-9-13-6-7-17(3)16-13/h4-8,11,15H,9H2,1-3H3. The number of nitro benzene ring substituents is 1. The molecule has 0 bridgehead atoms. The van der Waals surface area contributed by atoms with E-state index in [0.717, 1.165) is 11.3 Å². The first-order valence-corrected chi connectivity index (χ1v) is 6.44. The fraction of sp³-hybridized carbons (Fsp3) is 0.357. The summed E-state index contributed by atoms with van der Waals surface area (Å²) in [6.45, 7) is 4.36. The second kappa shape index (κ2) is 5.83. The molecule has 1 aromatic heterocycles. The zero-order valence-electron chi connectivity index (χ0n) is 11.8. The zero-order chi connectivity index (χ0) is 14.7. The van der Waals surface area contributed by atoms with E-state index in [1.165, 1.54) is 0 Å². The minimum atomic E-state index is -0.343. The highest BCUT2D eigenvalue weighted by Gasteiger charge is 2.14. The van der Waals surface area contributed by atoms with Crippen LogP contribution in [-0.2, 0) is 13.6 Å². The van der Waals surface area contributed by atoms with E-state index in [2.05, 4.69) is 10.4 Å². The first-order chi connectivity index (χ1) is 9.47. The molecule has 0 aliphatic carbocycles. The molecule has 2 rings (SSSR count). The van der Waals surface area contributed by atoms with Gasteiger partial charge in [-0.05, 0) is 25.5 Å². The predicted octanol–water partition coefficient (Wildman–Crippen LogP) is 2.49. The smallest absolute Gasteiger partial charge is 0.272 e. The largest absolute Gasteiger partial charge is 0.304 e. The maximum Gasteiger partial charge on any atom is 0.272 e. The summed E-state index contributed by atoms with van der Waals surface area (Å²) in [4.78, 5) is 10.6. The summed E-state index contributed by atoms with van der Waals surface area (Å²) < 4.78 is 1.75. The molecule has 0 aliphatic rings. The Bertz CT molecular complexity index is 621. The fourth-order valence-electron chi connectivity index (χ4n) is 2.03. The first-order valence-electron chi connectivity index (χ1n) is 6.44. The molecule has 6 heteroatoms. The van der Waals surface area contributed by atoms with E-state index in [1.54, 1.807) is 23.7 Å². The van der Waals surface area contributed by atoms with Crippen LogP contribution < -0.4 is 5.32 Å². The van der Waals surface area contributed by atoms with E-state index in [9.17, 15) is 10.1 Å². The molecule has 0 amide bonds. The molecule has 0 radical (unpaired) electrons. The van der Waals surface area contributed by atoms with Crippen molar-refractivity contribution in [3.05, 3.63) is 57.4 Å². The van der Waals surface area contributed by atoms with Crippen LogP contribution in [0.25, 0.3) is 0 Å². The maximum absolute atomic E-state index is 11.0. The Hall–Kier alpha value is -2.21. The summed E-state index contributed by atoms with van der Waals surface area (Å²) >= 11 is 0. The lowest BCUT2D eigenvalue weighted by atomic mass is 10.0. The molecule has 0 spiro atoms. The van der Waals surface area contributed by atoms with Gasteiger partial charge in [-0.3, -0.25) is 14.8 Å². The molecule has 2 aromatic rings. The van der Waals surface area contributed by atoms with Crippen molar-refractivity contribution < 1.29 is 4.92 Å². The van der Waals surface area contributed by atoms with E-state index < -0.39 is 0 Å². The van der Waals surface area contributed by atoms with E-state index in [1.807, 2.05) is 32.3 Å². The third kappa shape index (κ3) is 3.21. The van der Waals surface area contributed by atoms with E-state index in [-0.39, 0.29) is 16.7 Å². The van der Waals surface area contributed by atoms with Gasteiger partial charge in [-0.15, -0.1) is 0 Å². The van der Waals surface area contributed by atoms with Gasteiger partial charge in [-0.25, -0.2) is 0 Å². The average Bonchev–Trinajstić information content (AvgIpc) is 2.82. The van der Waals surface area contributed by atoms with Crippen molar-refractivity contribution in [1.82, 2.24) is 15.1 Å². The Kier molecular flexibility index (Phi) is 4.14. The molecule has 0 aliphatic heterocycles. The van der Waals surface area contributed by atoms with Gasteiger partial charge >= 0.3 is 0 Å². The number of hydrogen-bond acceptors (Lipinski definition) is 4. The summed E-state index contributed by atoms with van der Waals surface area (Å²) in [5.74, 6) is 0. The van der Waals surface area contributed by atoms with Gasteiger partial charge in [0, 0.05) is 37.5 Å². The first kappa shape index (κ1) is 14.2. The van der Waals surface area contributed by atoms with Gasteiger partial charge in [0.2, 0.25) is 0 Å². The number of hydrogen-bond donors (Lipinski definition) is 1. The molecular formula is C14H18N4O2. The topological polar surface area (TPSA) is 73.0 Å². The van der Waals surface area contributed by atoms with Crippen LogP contribution in [0.15, 0.2) is 30.5 Å². The molecule has 20 heavy (non-hydrogen) atoms. The minimum absolute atomic E-state index is 0.0244. The lowest BCUT2D eigenvalue weighted by molar-refractivity contribution is -0.385. The van der Waals surface area contributed by atoms with Gasteiger partial charge in [0.25, 0.3) is 5.69 Å². The van der Waals surface area contributed by atoms with E-state index in [0.29, 0.717) is 12.1 Å². The second-order valence-electron chi connectivity index (χ2n) is 4.89. The molecule has 0 fully saturated rings. The van der Waals surface area contributed by atoms with Gasteiger partial charge in [0.1, 0.15) is 0 Å². The molecule has 1 heterocycles. The number of nitrogens with one attached hydrogen (secondary N) is 1. The van der Waals surface area contributed by atoms with Crippen molar-refractivity contribution >= 4 is 5.69 Å². The number of nitrogens with zero attached hydrogens (tertiary/aromatic N) is 3. The maximum atomic E-state index is 11.0. The lowest BCUT2D eigenvalue weighted by Gasteiger charge is -2.13. The molecule has 1 atom stereocenters. The number of rotatable bonds is 5. The van der Waals surface area contributed by atoms with Gasteiger partial charge in [0.15, 0.2) is 0 Å². The van der Waals surface area contributed by atoms with Crippen LogP contribution in [0, 0.1) is 17.0 Å². The molecule has 0 saturated carbocycles. The highest BCUT2D eigenvalue weighted by Crippen LogP contribution is 2.23. The lowest BCUT2D eigenvalue weighted by Crippen LogP contribution is -2.18. The van der Waals surface area contributed by atoms with Crippen molar-refractivity contribution in [2.24, 2.45) is 7.05 Å². The van der Waals surface area contributed by atoms with Crippen molar-refractivity contribution in [2.75, 3.05) is 0 Å². The van der Waals surface area contributed by atoms with Gasteiger partial charge in [0.05, 0.1) is 10.6 Å². The van der Waals surface area contributed by atoms with Crippen LogP contribution in [0.3, 0.4) is 0 Å². The number of aryl methyl sites for hydroxylation is 2. The van der Waals surface area contributed by atoms with Crippen LogP contribution in [-0.4, -0.2) is 14.7 Å². The van der Waals surface area contributed by atoms with E-state index >= 15 is 0 Å². The molecular weight excluding hydrogens is 256 g/mol. The molecule has 1 N–H and O–H groups in total. The minimum Gasteiger partial charge on any atom is -0.304 e. The third-order valence-corrected chi connectivity index (χ3v) is 3.29. The van der Waals surface area contributed by atoms with Gasteiger partial charge < -0.3 is 5.32 Å². The number of aromatic nitrogens is 2. The number of nitro groups is 1. The van der Waals surface area contributed by atoms with Crippen molar-refractivity contribution in [3.63, 3.8) is 0 Å². The predicted molar refractivity (Wildman–Crippen MR) is 76.3 cm³/mol. The summed E-state index contributed by atoms with van der Waals surface area (Å²) in [5, 5.41) is 18.5. The quantitative estimate of drug-likeness (QED) is 0.671. The highest BCUT2D eigenvalue weighted by atomic mass is 16.6. The van der Waals surface area contributed by atoms with Gasteiger partial charge in [-0.2, -0.15) is 5.10 Å². The van der Waals surface area contributed by atoms with Crippen LogP contribution in [0.5, 0.6) is 0 Å². The summed E-state index contributed by atoms with van der Waals surface area (Å²) in [6.07, 6.45) is 1.89. The molecule has 106 valence electrons. The SMILES string of the molecule is Cc1ccc(C(C)NCc2ccn(C)n2)cc1[N+](=O)[O-]. The monoisotopic (exact) mass is 274 g/mol. The van der Waals surface area contributed by atoms with Crippen molar-refractivity contribution in [2.45, 2.75) is 26.4 Å². The molecule has 6 nitrogen and oxygen atoms in total. The Morgan fingerprint density at radius 3 is 2.80 bits per heavy atom. The van der Waals surface area contributed by atoms with Crippen LogP contribution >= 0.6 is 0 Å². The van der Waals surface area contributed by atoms with E-state index in [4.69, 9.17) is 0 Å². The van der Waals surface area contributed by atoms with Crippen LogP contribution in [0.2, 0.25) is 0 Å². The van der Waals surface area contributed by atoms with Crippen molar-refractivity contribution in [1.29, 1.82) is 0 Å². The Morgan fingerprint density at radius 1 is 1.45 bits per heavy atom. The Morgan fingerprint density at radius 2 is 2.20 bits per heavy atom. The zero-order valence-corrected chi connectivity index (χ0v) is 11.8. The van der Waals surface area contributed by atoms with Crippen LogP contribution in [0.4, 0.5) is 5.69 Å². The summed E-state index contributed by atoms with van der Waals surface area (Å²) in [5.41, 5.74) is 2.68. The number of benzene rings is 1. The third-order valence-electron chi connectivity index (χ3n) is 3.29. The Balaban J connectivity index is 2.07. The summed E-state index contributed by atoms with van der Waals surface area (Å²) in [6, 6.07) is 7.30. The highest BCUT2D eigenvalue weighted by molar-refractivity contribution is 5.43. The fourth-order valence-corrected chi connectivity index (χ4v) is 2.03. The van der Waals surface area contributed by atoms with Crippen molar-refractivity contribution in [3.8, 4) is 0 Å².